The molecule has 0 saturated heterocycles. The second-order valence-electron chi connectivity index (χ2n) is 5.24. The zero-order valence-corrected chi connectivity index (χ0v) is 12.4. The van der Waals surface area contributed by atoms with Gasteiger partial charge in [-0.2, -0.15) is 0 Å². The number of aryl methyl sites for hydroxylation is 2. The Morgan fingerprint density at radius 2 is 2.05 bits per heavy atom. The molecule has 3 aromatic rings. The van der Waals surface area contributed by atoms with Gasteiger partial charge in [0.2, 0.25) is 5.91 Å². The van der Waals surface area contributed by atoms with Gasteiger partial charge in [0.05, 0.1) is 0 Å². The molecule has 22 heavy (non-hydrogen) atoms. The number of carbonyl (C=O) groups is 1. The molecule has 112 valence electrons. The molecule has 0 saturated carbocycles. The van der Waals surface area contributed by atoms with Gasteiger partial charge in [0.1, 0.15) is 6.54 Å². The van der Waals surface area contributed by atoms with Crippen molar-refractivity contribution in [1.82, 2.24) is 14.2 Å². The van der Waals surface area contributed by atoms with Crippen LogP contribution in [0.25, 0.3) is 5.65 Å². The summed E-state index contributed by atoms with van der Waals surface area (Å²) >= 11 is 0. The van der Waals surface area contributed by atoms with Crippen LogP contribution in [0.4, 0.5) is 5.69 Å². The Balaban J connectivity index is 1.83. The number of rotatable bonds is 3. The number of anilines is 1. The van der Waals surface area contributed by atoms with Gasteiger partial charge in [-0.05, 0) is 43.2 Å². The molecule has 1 aromatic carbocycles. The standard InChI is InChI=1S/C16H16N4O2/c1-11-6-7-12(2)13(9-11)17-15(21)10-20-16(22)19-8-4-3-5-14(19)18-20/h3-9H,10H2,1-2H3,(H,17,21). The van der Waals surface area contributed by atoms with Crippen molar-refractivity contribution in [3.8, 4) is 0 Å². The zero-order valence-electron chi connectivity index (χ0n) is 12.4. The van der Waals surface area contributed by atoms with Crippen molar-refractivity contribution in [2.45, 2.75) is 20.4 Å². The quantitative estimate of drug-likeness (QED) is 0.800. The molecule has 0 aliphatic rings. The third kappa shape index (κ3) is 2.63. The second-order valence-corrected chi connectivity index (χ2v) is 5.24. The molecule has 0 spiro atoms. The molecule has 0 fully saturated rings. The van der Waals surface area contributed by atoms with Crippen molar-refractivity contribution in [1.29, 1.82) is 0 Å². The van der Waals surface area contributed by atoms with Crippen LogP contribution < -0.4 is 11.0 Å². The smallest absolute Gasteiger partial charge is 0.324 e. The number of aromatic nitrogens is 3. The van der Waals surface area contributed by atoms with Crippen LogP contribution in [-0.2, 0) is 11.3 Å². The highest BCUT2D eigenvalue weighted by atomic mass is 16.2. The molecular weight excluding hydrogens is 280 g/mol. The molecule has 0 radical (unpaired) electrons. The van der Waals surface area contributed by atoms with Crippen LogP contribution in [0.1, 0.15) is 11.1 Å². The van der Waals surface area contributed by atoms with E-state index in [1.807, 2.05) is 32.0 Å². The molecule has 6 nitrogen and oxygen atoms in total. The molecule has 6 heteroatoms. The highest BCUT2D eigenvalue weighted by molar-refractivity contribution is 5.91. The SMILES string of the molecule is Cc1ccc(C)c(NC(=O)Cn2nc3ccccn3c2=O)c1. The van der Waals surface area contributed by atoms with E-state index < -0.39 is 0 Å². The number of benzene rings is 1. The summed E-state index contributed by atoms with van der Waals surface area (Å²) in [4.78, 5) is 24.3. The maximum absolute atomic E-state index is 12.2. The van der Waals surface area contributed by atoms with E-state index in [2.05, 4.69) is 10.4 Å². The van der Waals surface area contributed by atoms with Gasteiger partial charge in [0.25, 0.3) is 0 Å². The average Bonchev–Trinajstić information content (AvgIpc) is 2.80. The summed E-state index contributed by atoms with van der Waals surface area (Å²) in [5.74, 6) is -0.279. The maximum atomic E-state index is 12.2. The summed E-state index contributed by atoms with van der Waals surface area (Å²) in [6.07, 6.45) is 1.63. The predicted octanol–water partition coefficient (Wildman–Crippen LogP) is 1.75. The van der Waals surface area contributed by atoms with Crippen molar-refractivity contribution in [3.05, 3.63) is 64.2 Å². The fraction of sp³-hybridized carbons (Fsp3) is 0.188. The molecule has 0 unspecified atom stereocenters. The van der Waals surface area contributed by atoms with E-state index in [9.17, 15) is 9.59 Å². The highest BCUT2D eigenvalue weighted by Gasteiger charge is 2.11. The van der Waals surface area contributed by atoms with Crippen molar-refractivity contribution in [3.63, 3.8) is 0 Å². The number of carbonyl (C=O) groups excluding carboxylic acids is 1. The lowest BCUT2D eigenvalue weighted by atomic mass is 10.1. The number of nitrogens with zero attached hydrogens (tertiary/aromatic N) is 3. The number of hydrogen-bond donors (Lipinski definition) is 1. The molecule has 0 atom stereocenters. The van der Waals surface area contributed by atoms with Crippen molar-refractivity contribution in [2.75, 3.05) is 5.32 Å². The Hall–Kier alpha value is -2.89. The molecule has 0 bridgehead atoms. The first-order valence-corrected chi connectivity index (χ1v) is 6.96. The van der Waals surface area contributed by atoms with Gasteiger partial charge in [-0.1, -0.05) is 18.2 Å². The number of fused-ring (bicyclic) bond motifs is 1. The van der Waals surface area contributed by atoms with E-state index in [0.717, 1.165) is 21.5 Å². The summed E-state index contributed by atoms with van der Waals surface area (Å²) in [5.41, 5.74) is 2.98. The second kappa shape index (κ2) is 5.48. The van der Waals surface area contributed by atoms with Gasteiger partial charge in [-0.15, -0.1) is 5.10 Å². The van der Waals surface area contributed by atoms with E-state index in [4.69, 9.17) is 0 Å². The Morgan fingerprint density at radius 1 is 1.23 bits per heavy atom. The van der Waals surface area contributed by atoms with E-state index >= 15 is 0 Å². The topological polar surface area (TPSA) is 68.4 Å². The molecule has 2 heterocycles. The van der Waals surface area contributed by atoms with Gasteiger partial charge >= 0.3 is 5.69 Å². The Bertz CT molecular complexity index is 908. The van der Waals surface area contributed by atoms with E-state index in [1.165, 1.54) is 4.40 Å². The molecule has 3 rings (SSSR count). The van der Waals surface area contributed by atoms with Crippen LogP contribution in [0.3, 0.4) is 0 Å². The molecule has 2 aromatic heterocycles. The van der Waals surface area contributed by atoms with Gasteiger partial charge < -0.3 is 5.32 Å². The Kier molecular flexibility index (Phi) is 3.50. The summed E-state index contributed by atoms with van der Waals surface area (Å²) in [5, 5.41) is 6.96. The predicted molar refractivity (Wildman–Crippen MR) is 84.0 cm³/mol. The fourth-order valence-electron chi connectivity index (χ4n) is 2.27. The normalized spacial score (nSPS) is 10.8. The third-order valence-electron chi connectivity index (χ3n) is 3.45. The number of amides is 1. The van der Waals surface area contributed by atoms with Crippen LogP contribution in [0.15, 0.2) is 47.4 Å². The molecule has 0 aliphatic carbocycles. The van der Waals surface area contributed by atoms with Crippen LogP contribution in [0, 0.1) is 13.8 Å². The van der Waals surface area contributed by atoms with Gasteiger partial charge in [-0.3, -0.25) is 9.20 Å². The van der Waals surface area contributed by atoms with E-state index in [0.29, 0.717) is 5.65 Å². The van der Waals surface area contributed by atoms with Crippen LogP contribution in [-0.4, -0.2) is 20.1 Å². The van der Waals surface area contributed by atoms with Gasteiger partial charge in [0, 0.05) is 11.9 Å². The number of pyridine rings is 1. The van der Waals surface area contributed by atoms with Crippen LogP contribution in [0.2, 0.25) is 0 Å². The first-order valence-electron chi connectivity index (χ1n) is 6.96. The summed E-state index contributed by atoms with van der Waals surface area (Å²) in [7, 11) is 0. The van der Waals surface area contributed by atoms with E-state index in [1.54, 1.807) is 24.4 Å². The molecule has 1 N–H and O–H groups in total. The highest BCUT2D eigenvalue weighted by Crippen LogP contribution is 2.16. The first kappa shape index (κ1) is 14.1. The molecular formula is C16H16N4O2. The minimum absolute atomic E-state index is 0.117. The summed E-state index contributed by atoms with van der Waals surface area (Å²) in [6.45, 7) is 3.77. The van der Waals surface area contributed by atoms with Crippen LogP contribution >= 0.6 is 0 Å². The monoisotopic (exact) mass is 296 g/mol. The third-order valence-corrected chi connectivity index (χ3v) is 3.45. The number of hydrogen-bond acceptors (Lipinski definition) is 3. The van der Waals surface area contributed by atoms with Crippen LogP contribution in [0.5, 0.6) is 0 Å². The Labute approximate surface area is 127 Å². The summed E-state index contributed by atoms with van der Waals surface area (Å²) < 4.78 is 2.57. The van der Waals surface area contributed by atoms with Gasteiger partial charge in [0.15, 0.2) is 5.65 Å². The zero-order chi connectivity index (χ0) is 15.7. The molecule has 0 aliphatic heterocycles. The largest absolute Gasteiger partial charge is 0.350 e. The van der Waals surface area contributed by atoms with E-state index in [-0.39, 0.29) is 18.1 Å². The minimum Gasteiger partial charge on any atom is -0.324 e. The number of nitrogens with one attached hydrogen (secondary N) is 1. The fourth-order valence-corrected chi connectivity index (χ4v) is 2.27. The molecule has 1 amide bonds. The average molecular weight is 296 g/mol. The van der Waals surface area contributed by atoms with Crippen molar-refractivity contribution < 1.29 is 4.79 Å². The summed E-state index contributed by atoms with van der Waals surface area (Å²) in [6, 6.07) is 11.1. The lowest BCUT2D eigenvalue weighted by Crippen LogP contribution is -2.28. The van der Waals surface area contributed by atoms with Gasteiger partial charge in [-0.25, -0.2) is 9.48 Å². The lowest BCUT2D eigenvalue weighted by molar-refractivity contribution is -0.117. The Morgan fingerprint density at radius 3 is 2.82 bits per heavy atom. The first-order chi connectivity index (χ1) is 10.5. The minimum atomic E-state index is -0.327. The van der Waals surface area contributed by atoms with Crippen molar-refractivity contribution >= 4 is 17.2 Å². The van der Waals surface area contributed by atoms with Crippen molar-refractivity contribution in [2.24, 2.45) is 0 Å². The lowest BCUT2D eigenvalue weighted by Gasteiger charge is -2.08. The maximum Gasteiger partial charge on any atom is 0.350 e.